The normalized spacial score (nSPS) is 10.2. The monoisotopic (exact) mass is 357 g/mol. The van der Waals surface area contributed by atoms with Crippen LogP contribution in [0.2, 0.25) is 0 Å². The average molecular weight is 357 g/mol. The Morgan fingerprint density at radius 3 is 2.15 bits per heavy atom. The Balaban J connectivity index is 2.01. The van der Waals surface area contributed by atoms with E-state index in [-0.39, 0.29) is 18.1 Å². The van der Waals surface area contributed by atoms with E-state index >= 15 is 0 Å². The van der Waals surface area contributed by atoms with Crippen LogP contribution in [0.4, 0.5) is 0 Å². The van der Waals surface area contributed by atoms with Crippen LogP contribution in [0.5, 0.6) is 11.5 Å². The predicted molar refractivity (Wildman–Crippen MR) is 97.5 cm³/mol. The number of carbonyl (C=O) groups is 2. The molecule has 1 amide bonds. The van der Waals surface area contributed by atoms with Crippen LogP contribution in [-0.2, 0) is 16.1 Å². The topological polar surface area (TPSA) is 65.1 Å². The second kappa shape index (κ2) is 8.89. The molecule has 0 fully saturated rings. The van der Waals surface area contributed by atoms with E-state index in [1.165, 1.54) is 19.1 Å². The molecule has 0 spiro atoms. The number of aryl methyl sites for hydroxylation is 1. The van der Waals surface area contributed by atoms with E-state index in [1.807, 2.05) is 31.2 Å². The number of rotatable bonds is 7. The standard InChI is InChI=1S/C20H23NO5/c1-14-8-5-6-9-15(14)12-21(2)18(22)13-26-20(23)19-16(24-3)10-7-11-17(19)25-4/h5-11H,12-13H2,1-4H3. The Morgan fingerprint density at radius 1 is 0.962 bits per heavy atom. The molecule has 0 aliphatic heterocycles. The van der Waals surface area contributed by atoms with E-state index in [9.17, 15) is 9.59 Å². The van der Waals surface area contributed by atoms with E-state index in [0.29, 0.717) is 18.0 Å². The number of esters is 1. The van der Waals surface area contributed by atoms with Crippen LogP contribution in [0.1, 0.15) is 21.5 Å². The number of benzene rings is 2. The lowest BCUT2D eigenvalue weighted by molar-refractivity contribution is -0.133. The molecular weight excluding hydrogens is 334 g/mol. The second-order valence-corrected chi connectivity index (χ2v) is 5.79. The third-order valence-corrected chi connectivity index (χ3v) is 4.05. The van der Waals surface area contributed by atoms with Crippen molar-refractivity contribution >= 4 is 11.9 Å². The lowest BCUT2D eigenvalue weighted by Gasteiger charge is -2.19. The van der Waals surface area contributed by atoms with Crippen molar-refractivity contribution in [3.05, 3.63) is 59.2 Å². The molecule has 6 heteroatoms. The van der Waals surface area contributed by atoms with Crippen molar-refractivity contribution in [3.8, 4) is 11.5 Å². The van der Waals surface area contributed by atoms with Gasteiger partial charge in [-0.3, -0.25) is 4.79 Å². The predicted octanol–water partition coefficient (Wildman–Crippen LogP) is 2.83. The summed E-state index contributed by atoms with van der Waals surface area (Å²) in [7, 11) is 4.58. The summed E-state index contributed by atoms with van der Waals surface area (Å²) < 4.78 is 15.5. The smallest absolute Gasteiger partial charge is 0.346 e. The maximum absolute atomic E-state index is 12.4. The van der Waals surface area contributed by atoms with Gasteiger partial charge in [0.2, 0.25) is 0 Å². The van der Waals surface area contributed by atoms with Crippen LogP contribution < -0.4 is 9.47 Å². The minimum absolute atomic E-state index is 0.159. The van der Waals surface area contributed by atoms with Gasteiger partial charge in [0, 0.05) is 13.6 Å². The minimum atomic E-state index is -0.669. The van der Waals surface area contributed by atoms with Gasteiger partial charge in [0.25, 0.3) is 5.91 Å². The molecule has 2 aromatic rings. The Kier molecular flexibility index (Phi) is 6.60. The molecule has 138 valence electrons. The van der Waals surface area contributed by atoms with E-state index in [1.54, 1.807) is 25.2 Å². The minimum Gasteiger partial charge on any atom is -0.496 e. The number of ether oxygens (including phenoxy) is 3. The molecule has 26 heavy (non-hydrogen) atoms. The molecule has 0 saturated carbocycles. The molecule has 0 heterocycles. The SMILES string of the molecule is COc1cccc(OC)c1C(=O)OCC(=O)N(C)Cc1ccccc1C. The fourth-order valence-electron chi connectivity index (χ4n) is 2.49. The van der Waals surface area contributed by atoms with Crippen molar-refractivity contribution in [1.29, 1.82) is 0 Å². The van der Waals surface area contributed by atoms with Crippen molar-refractivity contribution in [2.24, 2.45) is 0 Å². The molecule has 0 aliphatic carbocycles. The van der Waals surface area contributed by atoms with Crippen LogP contribution in [0.25, 0.3) is 0 Å². The molecule has 6 nitrogen and oxygen atoms in total. The van der Waals surface area contributed by atoms with E-state index < -0.39 is 5.97 Å². The summed E-state index contributed by atoms with van der Waals surface area (Å²) in [6.07, 6.45) is 0. The van der Waals surface area contributed by atoms with Crippen LogP contribution in [0, 0.1) is 6.92 Å². The van der Waals surface area contributed by atoms with Crippen LogP contribution >= 0.6 is 0 Å². The highest BCUT2D eigenvalue weighted by Crippen LogP contribution is 2.28. The zero-order valence-electron chi connectivity index (χ0n) is 15.4. The molecule has 0 aliphatic rings. The highest BCUT2D eigenvalue weighted by molar-refractivity contribution is 5.96. The van der Waals surface area contributed by atoms with Gasteiger partial charge in [0.15, 0.2) is 6.61 Å². The van der Waals surface area contributed by atoms with Gasteiger partial charge in [-0.25, -0.2) is 4.79 Å². The molecule has 0 saturated heterocycles. The third kappa shape index (κ3) is 4.53. The van der Waals surface area contributed by atoms with Crippen LogP contribution in [-0.4, -0.2) is 44.7 Å². The van der Waals surface area contributed by atoms with Crippen molar-refractivity contribution in [2.75, 3.05) is 27.9 Å². The number of hydrogen-bond donors (Lipinski definition) is 0. The van der Waals surface area contributed by atoms with Gasteiger partial charge in [0.1, 0.15) is 17.1 Å². The first-order valence-corrected chi connectivity index (χ1v) is 8.14. The summed E-state index contributed by atoms with van der Waals surface area (Å²) in [6, 6.07) is 12.8. The molecule has 0 radical (unpaired) electrons. The number of nitrogens with zero attached hydrogens (tertiary/aromatic N) is 1. The largest absolute Gasteiger partial charge is 0.496 e. The Labute approximate surface area is 153 Å². The number of likely N-dealkylation sites (N-methyl/N-ethyl adjacent to an activating group) is 1. The summed E-state index contributed by atoms with van der Waals surface area (Å²) in [4.78, 5) is 26.2. The third-order valence-electron chi connectivity index (χ3n) is 4.05. The summed E-state index contributed by atoms with van der Waals surface area (Å²) >= 11 is 0. The first-order chi connectivity index (χ1) is 12.5. The van der Waals surface area contributed by atoms with E-state index in [4.69, 9.17) is 14.2 Å². The number of methoxy groups -OCH3 is 2. The molecule has 0 atom stereocenters. The molecule has 0 aromatic heterocycles. The highest BCUT2D eigenvalue weighted by atomic mass is 16.5. The van der Waals surface area contributed by atoms with Gasteiger partial charge in [-0.2, -0.15) is 0 Å². The summed E-state index contributed by atoms with van der Waals surface area (Å²) in [5.41, 5.74) is 2.30. The summed E-state index contributed by atoms with van der Waals surface area (Å²) in [5.74, 6) is -0.308. The average Bonchev–Trinajstić information content (AvgIpc) is 2.66. The number of amides is 1. The van der Waals surface area contributed by atoms with Gasteiger partial charge >= 0.3 is 5.97 Å². The van der Waals surface area contributed by atoms with E-state index in [2.05, 4.69) is 0 Å². The maximum Gasteiger partial charge on any atom is 0.346 e. The van der Waals surface area contributed by atoms with Gasteiger partial charge in [-0.05, 0) is 30.2 Å². The Morgan fingerprint density at radius 2 is 1.58 bits per heavy atom. The fraction of sp³-hybridized carbons (Fsp3) is 0.300. The van der Waals surface area contributed by atoms with Crippen molar-refractivity contribution in [2.45, 2.75) is 13.5 Å². The fourth-order valence-corrected chi connectivity index (χ4v) is 2.49. The van der Waals surface area contributed by atoms with Crippen molar-refractivity contribution in [3.63, 3.8) is 0 Å². The van der Waals surface area contributed by atoms with Gasteiger partial charge in [0.05, 0.1) is 14.2 Å². The first-order valence-electron chi connectivity index (χ1n) is 8.14. The molecule has 2 aromatic carbocycles. The van der Waals surface area contributed by atoms with Crippen LogP contribution in [0.15, 0.2) is 42.5 Å². The molecule has 0 bridgehead atoms. The summed E-state index contributed by atoms with van der Waals surface area (Å²) in [5, 5.41) is 0. The molecule has 0 unspecified atom stereocenters. The maximum atomic E-state index is 12.4. The summed E-state index contributed by atoms with van der Waals surface area (Å²) in [6.45, 7) is 2.07. The first kappa shape index (κ1) is 19.3. The lowest BCUT2D eigenvalue weighted by Crippen LogP contribution is -2.31. The van der Waals surface area contributed by atoms with Gasteiger partial charge in [-0.1, -0.05) is 30.3 Å². The van der Waals surface area contributed by atoms with E-state index in [0.717, 1.165) is 11.1 Å². The van der Waals surface area contributed by atoms with Crippen molar-refractivity contribution < 1.29 is 23.8 Å². The Hall–Kier alpha value is -3.02. The highest BCUT2D eigenvalue weighted by Gasteiger charge is 2.21. The van der Waals surface area contributed by atoms with Crippen LogP contribution in [0.3, 0.4) is 0 Å². The zero-order chi connectivity index (χ0) is 19.1. The van der Waals surface area contributed by atoms with Gasteiger partial charge in [-0.15, -0.1) is 0 Å². The lowest BCUT2D eigenvalue weighted by atomic mass is 10.1. The second-order valence-electron chi connectivity index (χ2n) is 5.79. The number of hydrogen-bond acceptors (Lipinski definition) is 5. The molecule has 2 rings (SSSR count). The van der Waals surface area contributed by atoms with Gasteiger partial charge < -0.3 is 19.1 Å². The molecule has 0 N–H and O–H groups in total. The zero-order valence-corrected chi connectivity index (χ0v) is 15.4. The number of carbonyl (C=O) groups excluding carboxylic acids is 2. The Bertz CT molecular complexity index is 765. The molecular formula is C20H23NO5. The quantitative estimate of drug-likeness (QED) is 0.713. The van der Waals surface area contributed by atoms with Crippen molar-refractivity contribution in [1.82, 2.24) is 4.90 Å².